The van der Waals surface area contributed by atoms with E-state index in [0.29, 0.717) is 16.1 Å². The van der Waals surface area contributed by atoms with Crippen molar-refractivity contribution in [2.45, 2.75) is 20.3 Å². The Balaban J connectivity index is 2.83. The summed E-state index contributed by atoms with van der Waals surface area (Å²) >= 11 is 5.24. The van der Waals surface area contributed by atoms with E-state index in [2.05, 4.69) is 24.9 Å². The van der Waals surface area contributed by atoms with E-state index in [-0.39, 0.29) is 0 Å². The van der Waals surface area contributed by atoms with Gasteiger partial charge in [-0.05, 0) is 24.0 Å². The van der Waals surface area contributed by atoms with Gasteiger partial charge in [0, 0.05) is 10.9 Å². The summed E-state index contributed by atoms with van der Waals surface area (Å²) < 4.78 is 0.543. The maximum atomic E-state index is 9.23. The molecule has 3 heteroatoms. The number of aromatic amines is 1. The van der Waals surface area contributed by atoms with Crippen molar-refractivity contribution in [3.8, 4) is 6.07 Å². The van der Waals surface area contributed by atoms with Gasteiger partial charge in [0.2, 0.25) is 0 Å². The molecule has 0 amide bonds. The van der Waals surface area contributed by atoms with Crippen LogP contribution in [0.3, 0.4) is 0 Å². The molecule has 0 unspecified atom stereocenters. The molecule has 2 nitrogen and oxygen atoms in total. The summed E-state index contributed by atoms with van der Waals surface area (Å²) in [7, 11) is 0. The fourth-order valence-electron chi connectivity index (χ4n) is 2.05. The number of benzene rings is 1. The van der Waals surface area contributed by atoms with Crippen molar-refractivity contribution in [2.75, 3.05) is 0 Å². The number of hydrogen-bond donors (Lipinski definition) is 1. The molecule has 0 saturated carbocycles. The fraction of sp³-hybridized carbons (Fsp3) is 0.286. The van der Waals surface area contributed by atoms with Crippen LogP contribution in [0, 0.1) is 21.9 Å². The highest BCUT2D eigenvalue weighted by molar-refractivity contribution is 7.71. The molecular weight excluding hydrogens is 228 g/mol. The van der Waals surface area contributed by atoms with E-state index in [4.69, 9.17) is 12.2 Å². The number of rotatable bonds is 2. The van der Waals surface area contributed by atoms with E-state index >= 15 is 0 Å². The third kappa shape index (κ3) is 2.22. The molecule has 0 atom stereocenters. The number of nitrogens with one attached hydrogen (secondary N) is 1. The van der Waals surface area contributed by atoms with E-state index in [1.54, 1.807) is 0 Å². The normalized spacial score (nSPS) is 10.7. The number of nitriles is 1. The first-order valence-electron chi connectivity index (χ1n) is 5.67. The minimum Gasteiger partial charge on any atom is -0.345 e. The molecule has 86 valence electrons. The largest absolute Gasteiger partial charge is 0.345 e. The Kier molecular flexibility index (Phi) is 3.26. The highest BCUT2D eigenvalue weighted by Gasteiger charge is 2.11. The average Bonchev–Trinajstić information content (AvgIpc) is 2.28. The molecule has 1 heterocycles. The van der Waals surface area contributed by atoms with Gasteiger partial charge in [-0.15, -0.1) is 0 Å². The van der Waals surface area contributed by atoms with Crippen LogP contribution in [0.5, 0.6) is 0 Å². The van der Waals surface area contributed by atoms with Gasteiger partial charge in [0.1, 0.15) is 10.7 Å². The molecule has 0 fully saturated rings. The van der Waals surface area contributed by atoms with Gasteiger partial charge < -0.3 is 4.98 Å². The highest BCUT2D eigenvalue weighted by atomic mass is 32.1. The summed E-state index contributed by atoms with van der Waals surface area (Å²) in [6.45, 7) is 4.30. The summed E-state index contributed by atoms with van der Waals surface area (Å²) in [5.41, 5.74) is 2.70. The first-order valence-corrected chi connectivity index (χ1v) is 6.08. The number of nitrogens with zero attached hydrogens (tertiary/aromatic N) is 1. The maximum absolute atomic E-state index is 9.23. The average molecular weight is 242 g/mol. The van der Waals surface area contributed by atoms with Gasteiger partial charge in [0.25, 0.3) is 0 Å². The predicted octanol–water partition coefficient (Wildman–Crippen LogP) is 3.97. The van der Waals surface area contributed by atoms with Crippen LogP contribution in [0.25, 0.3) is 10.9 Å². The smallest absolute Gasteiger partial charge is 0.121 e. The lowest BCUT2D eigenvalue weighted by Gasteiger charge is -2.11. The van der Waals surface area contributed by atoms with Gasteiger partial charge in [-0.1, -0.05) is 44.3 Å². The van der Waals surface area contributed by atoms with Crippen molar-refractivity contribution in [3.63, 3.8) is 0 Å². The van der Waals surface area contributed by atoms with Crippen molar-refractivity contribution in [2.24, 2.45) is 5.92 Å². The third-order valence-corrected chi connectivity index (χ3v) is 3.06. The monoisotopic (exact) mass is 242 g/mol. The van der Waals surface area contributed by atoms with Crippen LogP contribution in [-0.4, -0.2) is 4.98 Å². The molecule has 0 saturated heterocycles. The molecule has 0 radical (unpaired) electrons. The zero-order valence-electron chi connectivity index (χ0n) is 9.95. The molecule has 1 N–H and O–H groups in total. The first kappa shape index (κ1) is 11.8. The minimum atomic E-state index is 0.502. The quantitative estimate of drug-likeness (QED) is 0.809. The molecular formula is C14H14N2S. The molecule has 1 aromatic heterocycles. The summed E-state index contributed by atoms with van der Waals surface area (Å²) in [5.74, 6) is 0.502. The van der Waals surface area contributed by atoms with E-state index in [0.717, 1.165) is 22.9 Å². The van der Waals surface area contributed by atoms with Gasteiger partial charge in [0.05, 0.1) is 5.56 Å². The third-order valence-electron chi connectivity index (χ3n) is 2.75. The molecule has 0 aliphatic heterocycles. The lowest BCUT2D eigenvalue weighted by atomic mass is 9.96. The Hall–Kier alpha value is -1.66. The molecule has 0 aliphatic carbocycles. The molecule has 17 heavy (non-hydrogen) atoms. The number of para-hydroxylation sites is 1. The molecule has 0 bridgehead atoms. The van der Waals surface area contributed by atoms with Crippen LogP contribution >= 0.6 is 12.2 Å². The summed E-state index contributed by atoms with van der Waals surface area (Å²) in [6, 6.07) is 10.2. The van der Waals surface area contributed by atoms with Gasteiger partial charge in [0.15, 0.2) is 0 Å². The van der Waals surface area contributed by atoms with Crippen LogP contribution in [0.1, 0.15) is 25.0 Å². The van der Waals surface area contributed by atoms with Crippen molar-refractivity contribution >= 4 is 23.1 Å². The predicted molar refractivity (Wildman–Crippen MR) is 72.4 cm³/mol. The summed E-state index contributed by atoms with van der Waals surface area (Å²) in [6.07, 6.45) is 0.877. The Morgan fingerprint density at radius 2 is 2.06 bits per heavy atom. The lowest BCUT2D eigenvalue weighted by molar-refractivity contribution is 0.649. The van der Waals surface area contributed by atoms with E-state index in [1.165, 1.54) is 0 Å². The molecule has 0 aliphatic rings. The second-order valence-electron chi connectivity index (χ2n) is 4.56. The number of hydrogen-bond acceptors (Lipinski definition) is 2. The van der Waals surface area contributed by atoms with E-state index in [9.17, 15) is 5.26 Å². The summed E-state index contributed by atoms with van der Waals surface area (Å²) in [4.78, 5) is 3.12. The van der Waals surface area contributed by atoms with Gasteiger partial charge in [-0.2, -0.15) is 5.26 Å². The highest BCUT2D eigenvalue weighted by Crippen LogP contribution is 2.23. The maximum Gasteiger partial charge on any atom is 0.121 e. The second kappa shape index (κ2) is 4.68. The van der Waals surface area contributed by atoms with Gasteiger partial charge >= 0.3 is 0 Å². The SMILES string of the molecule is CC(C)Cc1c(C#N)c(=S)[nH]c2ccccc12. The minimum absolute atomic E-state index is 0.502. The first-order chi connectivity index (χ1) is 8.13. The molecule has 1 aromatic carbocycles. The van der Waals surface area contributed by atoms with Crippen LogP contribution in [-0.2, 0) is 6.42 Å². The van der Waals surface area contributed by atoms with Crippen molar-refractivity contribution in [3.05, 3.63) is 40.0 Å². The van der Waals surface area contributed by atoms with Crippen LogP contribution < -0.4 is 0 Å². The molecule has 0 spiro atoms. The summed E-state index contributed by atoms with van der Waals surface area (Å²) in [5, 5.41) is 10.3. The van der Waals surface area contributed by atoms with Crippen molar-refractivity contribution in [1.82, 2.24) is 4.98 Å². The van der Waals surface area contributed by atoms with Crippen LogP contribution in [0.15, 0.2) is 24.3 Å². The van der Waals surface area contributed by atoms with Crippen LogP contribution in [0.2, 0.25) is 0 Å². The Labute approximate surface area is 106 Å². The zero-order chi connectivity index (χ0) is 12.4. The van der Waals surface area contributed by atoms with Gasteiger partial charge in [-0.3, -0.25) is 0 Å². The molecule has 2 aromatic rings. The van der Waals surface area contributed by atoms with Crippen molar-refractivity contribution in [1.29, 1.82) is 5.26 Å². The standard InChI is InChI=1S/C14H14N2S/c1-9(2)7-11-10-5-3-4-6-13(10)16-14(17)12(11)8-15/h3-6,9H,7H2,1-2H3,(H,16,17). The van der Waals surface area contributed by atoms with E-state index < -0.39 is 0 Å². The fourth-order valence-corrected chi connectivity index (χ4v) is 2.33. The number of pyridine rings is 1. The van der Waals surface area contributed by atoms with Crippen LogP contribution in [0.4, 0.5) is 0 Å². The van der Waals surface area contributed by atoms with Gasteiger partial charge in [-0.25, -0.2) is 0 Å². The number of fused-ring (bicyclic) bond motifs is 1. The Bertz CT molecular complexity index is 647. The molecule has 2 rings (SSSR count). The number of H-pyrrole nitrogens is 1. The Morgan fingerprint density at radius 1 is 1.35 bits per heavy atom. The topological polar surface area (TPSA) is 39.6 Å². The zero-order valence-corrected chi connectivity index (χ0v) is 10.8. The lowest BCUT2D eigenvalue weighted by Crippen LogP contribution is -2.01. The van der Waals surface area contributed by atoms with E-state index in [1.807, 2.05) is 24.3 Å². The Morgan fingerprint density at radius 3 is 2.71 bits per heavy atom. The van der Waals surface area contributed by atoms with Crippen molar-refractivity contribution < 1.29 is 0 Å². The number of aromatic nitrogens is 1. The second-order valence-corrected chi connectivity index (χ2v) is 4.97.